The predicted molar refractivity (Wildman–Crippen MR) is 358 cm³/mol. The third-order valence-corrected chi connectivity index (χ3v) is 23.4. The van der Waals surface area contributed by atoms with Gasteiger partial charge in [-0.2, -0.15) is 0 Å². The van der Waals surface area contributed by atoms with Crippen molar-refractivity contribution in [1.29, 1.82) is 0 Å². The fraction of sp³-hybridized carbons (Fsp3) is 0.565. The fourth-order valence-corrected chi connectivity index (χ4v) is 17.1. The lowest BCUT2D eigenvalue weighted by molar-refractivity contribution is 0.0454. The number of methoxy groups -OCH3 is 2. The monoisotopic (exact) mass is 1340 g/mol. The third-order valence-electron chi connectivity index (χ3n) is 20.2. The first-order chi connectivity index (χ1) is 42.8. The van der Waals surface area contributed by atoms with Crippen molar-refractivity contribution in [2.45, 2.75) is 170 Å². The van der Waals surface area contributed by atoms with Crippen molar-refractivity contribution in [3.8, 4) is 11.5 Å². The van der Waals surface area contributed by atoms with Crippen LogP contribution in [0, 0.1) is 23.7 Å². The van der Waals surface area contributed by atoms with Crippen molar-refractivity contribution in [3.63, 3.8) is 0 Å². The summed E-state index contributed by atoms with van der Waals surface area (Å²) < 4.78 is 71.6. The molecular formula is C69H94Cl2N4O14S2. The summed E-state index contributed by atoms with van der Waals surface area (Å²) in [6, 6.07) is 22.3. The Morgan fingerprint density at radius 2 is 1.03 bits per heavy atom. The minimum atomic E-state index is -3.71. The minimum absolute atomic E-state index is 0. The molecule has 4 aromatic carbocycles. The first kappa shape index (κ1) is 71.6. The summed E-state index contributed by atoms with van der Waals surface area (Å²) in [5.41, 5.74) is 6.33. The van der Waals surface area contributed by atoms with Gasteiger partial charge < -0.3 is 49.2 Å². The number of aryl methyl sites for hydroxylation is 2. The number of aliphatic hydroxyl groups is 2. The zero-order valence-electron chi connectivity index (χ0n) is 52.1. The van der Waals surface area contributed by atoms with Crippen molar-refractivity contribution in [2.75, 3.05) is 63.4 Å². The molecule has 2 saturated carbocycles. The van der Waals surface area contributed by atoms with Crippen molar-refractivity contribution < 1.29 is 65.8 Å². The highest BCUT2D eigenvalue weighted by atomic mass is 35.5. The second-order valence-electron chi connectivity index (χ2n) is 26.2. The molecule has 2 fully saturated rings. The Morgan fingerprint density at radius 3 is 1.37 bits per heavy atom. The third kappa shape index (κ3) is 17.4. The Hall–Kier alpha value is -5.26. The molecule has 0 radical (unpaired) electrons. The predicted octanol–water partition coefficient (Wildman–Crippen LogP) is 11.3. The number of primary sulfonamides is 2. The second-order valence-corrected chi connectivity index (χ2v) is 30.7. The number of aromatic carboxylic acids is 2. The number of halogens is 2. The number of carbonyl (C=O) groups is 2. The Bertz CT molecular complexity index is 3260. The number of fused-ring (bicyclic) bond motifs is 6. The van der Waals surface area contributed by atoms with E-state index in [-0.39, 0.29) is 65.3 Å². The van der Waals surface area contributed by atoms with Gasteiger partial charge in [0.15, 0.2) is 0 Å². The van der Waals surface area contributed by atoms with E-state index in [1.54, 1.807) is 62.8 Å². The zero-order valence-corrected chi connectivity index (χ0v) is 55.2. The number of nitrogens with two attached hydrogens (primary N) is 2. The maximum absolute atomic E-state index is 12.1. The lowest BCUT2D eigenvalue weighted by Crippen LogP contribution is -2.49. The number of allylic oxidation sites excluding steroid dienone is 2. The summed E-state index contributed by atoms with van der Waals surface area (Å²) in [7, 11) is -4.33. The SMILES string of the molecule is C.CO[C@H](C)C[C@@H](CC/C=C/[C@H](O)[C@@H]1CC[C@H]1CN1C[C@@]2(CCCc3cc(Cl)ccc32)COc2ccc(C(=O)O)cc21)S(N)(=O)=O.CO[C@H](C)C[C@H](CC/C=C/[C@H](O)[C@@H]1CC[C@H]1CN1C[C@@]2(CCCc3cc(Cl)ccc32)COc2ccc(C(=O)O)cc21)S(N)(=O)=O. The maximum Gasteiger partial charge on any atom is 0.335 e. The molecule has 2 aliphatic heterocycles. The van der Waals surface area contributed by atoms with Crippen LogP contribution in [0.5, 0.6) is 11.5 Å². The zero-order chi connectivity index (χ0) is 64.7. The summed E-state index contributed by atoms with van der Waals surface area (Å²) in [6.45, 7) is 7.25. The van der Waals surface area contributed by atoms with E-state index >= 15 is 0 Å². The standard InChI is InChI=1S/2C34H45ClN2O7S.CH4/c2*1-22(43-2)16-27(45(36,41)42)7-3-4-8-31(38)28-12-9-25(28)19-37-20-34(15-5-6-23-17-26(35)11-13-29(23)34)21-44-32-14-10-24(33(39)40)18-30(32)37;/h2*4,8,10-11,13-14,17-18,22,25,27-28,31,38H,3,5-7,9,12,15-16,19-21H2,1-2H3,(H,39,40)(H2,36,41,42);1H4/b2*8-4+;/t22-,25+,27+,28-,31+,34+;22-,25+,27-,28-,31+,34+;/m11./s1. The van der Waals surface area contributed by atoms with Crippen LogP contribution in [0.3, 0.4) is 0 Å². The lowest BCUT2D eigenvalue weighted by atomic mass is 9.68. The molecule has 0 saturated heterocycles. The van der Waals surface area contributed by atoms with Gasteiger partial charge in [0.25, 0.3) is 0 Å². The normalized spacial score (nSPS) is 24.8. The number of aliphatic hydroxyl groups excluding tert-OH is 2. The van der Waals surface area contributed by atoms with Crippen molar-refractivity contribution in [3.05, 3.63) is 141 Å². The number of benzene rings is 4. The van der Waals surface area contributed by atoms with E-state index in [0.29, 0.717) is 89.4 Å². The molecule has 10 rings (SSSR count). The molecule has 0 amide bonds. The van der Waals surface area contributed by atoms with Gasteiger partial charge in [0.2, 0.25) is 20.0 Å². The van der Waals surface area contributed by atoms with Gasteiger partial charge in [-0.15, -0.1) is 0 Å². The molecule has 500 valence electrons. The number of nitrogens with zero attached hydrogens (tertiary/aromatic N) is 2. The van der Waals surface area contributed by atoms with E-state index in [4.69, 9.17) is 52.4 Å². The van der Waals surface area contributed by atoms with E-state index in [1.807, 2.05) is 38.1 Å². The molecule has 18 nitrogen and oxygen atoms in total. The van der Waals surface area contributed by atoms with Crippen LogP contribution in [0.2, 0.25) is 10.0 Å². The quantitative estimate of drug-likeness (QED) is 0.0356. The van der Waals surface area contributed by atoms with E-state index < -0.39 is 54.7 Å². The van der Waals surface area contributed by atoms with Crippen LogP contribution in [0.4, 0.5) is 11.4 Å². The van der Waals surface area contributed by atoms with E-state index in [1.165, 1.54) is 22.3 Å². The van der Waals surface area contributed by atoms with Crippen LogP contribution in [-0.2, 0) is 53.2 Å². The molecule has 0 unspecified atom stereocenters. The van der Waals surface area contributed by atoms with Crippen LogP contribution in [-0.4, -0.2) is 138 Å². The fourth-order valence-electron chi connectivity index (χ4n) is 14.7. The number of carboxylic acids is 2. The number of hydrogen-bond donors (Lipinski definition) is 6. The molecule has 8 N–H and O–H groups in total. The maximum atomic E-state index is 12.1. The average Bonchev–Trinajstić information content (AvgIpc) is 1.74. The number of ether oxygens (including phenoxy) is 4. The average molecular weight is 1340 g/mol. The van der Waals surface area contributed by atoms with Gasteiger partial charge in [-0.05, 0) is 223 Å². The van der Waals surface area contributed by atoms with Gasteiger partial charge in [0.05, 0.1) is 70.6 Å². The summed E-state index contributed by atoms with van der Waals surface area (Å²) in [5.74, 6) is -0.193. The van der Waals surface area contributed by atoms with Gasteiger partial charge in [-0.1, -0.05) is 67.1 Å². The first-order valence-electron chi connectivity index (χ1n) is 31.7. The Kier molecular flexibility index (Phi) is 24.3. The van der Waals surface area contributed by atoms with Gasteiger partial charge in [0.1, 0.15) is 11.5 Å². The minimum Gasteiger partial charge on any atom is -0.490 e. The summed E-state index contributed by atoms with van der Waals surface area (Å²) in [5, 5.41) is 52.8. The molecule has 22 heteroatoms. The number of carboxylic acid groups (broad SMARTS) is 2. The number of anilines is 2. The molecule has 4 aromatic rings. The summed E-state index contributed by atoms with van der Waals surface area (Å²) >= 11 is 12.7. The molecule has 6 aliphatic rings. The summed E-state index contributed by atoms with van der Waals surface area (Å²) in [4.78, 5) is 28.4. The highest BCUT2D eigenvalue weighted by Gasteiger charge is 2.46. The molecule has 4 aliphatic carbocycles. The highest BCUT2D eigenvalue weighted by molar-refractivity contribution is 7.90. The van der Waals surface area contributed by atoms with Crippen LogP contribution in [0.25, 0.3) is 0 Å². The molecule has 91 heavy (non-hydrogen) atoms. The molecule has 0 bridgehead atoms. The van der Waals surface area contributed by atoms with Gasteiger partial charge in [-0.25, -0.2) is 36.7 Å². The van der Waals surface area contributed by atoms with Gasteiger partial charge >= 0.3 is 11.9 Å². The van der Waals surface area contributed by atoms with Crippen molar-refractivity contribution >= 4 is 66.6 Å². The summed E-state index contributed by atoms with van der Waals surface area (Å²) in [6.07, 6.45) is 17.2. The molecule has 0 aromatic heterocycles. The first-order valence-corrected chi connectivity index (χ1v) is 35.6. The largest absolute Gasteiger partial charge is 0.490 e. The van der Waals surface area contributed by atoms with E-state index in [0.717, 1.165) is 85.6 Å². The Labute approximate surface area is 548 Å². The molecular weight excluding hydrogens is 1240 g/mol. The Balaban J connectivity index is 0.000000232. The number of sulfonamides is 2. The topological polar surface area (TPSA) is 279 Å². The lowest BCUT2D eigenvalue weighted by Gasteiger charge is -2.45. The van der Waals surface area contributed by atoms with Gasteiger partial charge in [-0.3, -0.25) is 0 Å². The van der Waals surface area contributed by atoms with Crippen molar-refractivity contribution in [2.24, 2.45) is 33.9 Å². The van der Waals surface area contributed by atoms with Crippen LogP contribution in [0.1, 0.15) is 154 Å². The Morgan fingerprint density at radius 1 is 0.637 bits per heavy atom. The number of rotatable bonds is 24. The molecule has 12 atom stereocenters. The van der Waals surface area contributed by atoms with Crippen molar-refractivity contribution in [1.82, 2.24) is 0 Å². The van der Waals surface area contributed by atoms with Crippen LogP contribution < -0.4 is 29.6 Å². The molecule has 2 spiro atoms. The van der Waals surface area contributed by atoms with Crippen LogP contribution in [0.15, 0.2) is 97.1 Å². The highest BCUT2D eigenvalue weighted by Crippen LogP contribution is 2.49. The van der Waals surface area contributed by atoms with E-state index in [9.17, 15) is 46.9 Å². The molecule has 2 heterocycles. The van der Waals surface area contributed by atoms with Crippen LogP contribution >= 0.6 is 23.2 Å². The number of hydrogen-bond acceptors (Lipinski definition) is 14. The second kappa shape index (κ2) is 30.9. The smallest absolute Gasteiger partial charge is 0.335 e. The van der Waals surface area contributed by atoms with E-state index in [2.05, 4.69) is 34.1 Å². The van der Waals surface area contributed by atoms with Gasteiger partial charge in [0, 0.05) is 61.3 Å².